The molecule has 0 fully saturated rings. The van der Waals surface area contributed by atoms with E-state index in [2.05, 4.69) is 13.8 Å². The number of hydrogen-bond donors (Lipinski definition) is 2. The summed E-state index contributed by atoms with van der Waals surface area (Å²) in [5, 5.41) is 7.07. The van der Waals surface area contributed by atoms with Crippen LogP contribution in [0.3, 0.4) is 0 Å². The molecule has 0 aliphatic rings. The molecule has 0 radical (unpaired) electrons. The van der Waals surface area contributed by atoms with Gasteiger partial charge in [0, 0.05) is 12.4 Å². The van der Waals surface area contributed by atoms with Crippen LogP contribution in [0.1, 0.15) is 0 Å². The molecule has 1 heterocycles. The summed E-state index contributed by atoms with van der Waals surface area (Å²) >= 11 is 0. The molecule has 11 heteroatoms. The Balaban J connectivity index is 0.000000280. The van der Waals surface area contributed by atoms with Gasteiger partial charge in [-0.15, -0.1) is 3.63 Å². The summed E-state index contributed by atoms with van der Waals surface area (Å²) in [6, 6.07) is 3.65. The molecule has 0 unspecified atom stereocenters. The van der Waals surface area contributed by atoms with Crippen molar-refractivity contribution in [2.75, 3.05) is 0 Å². The van der Waals surface area contributed by atoms with Crippen LogP contribution in [0.2, 0.25) is 0 Å². The fourth-order valence-electron chi connectivity index (χ4n) is 0.362. The quantitative estimate of drug-likeness (QED) is 0.643. The molecule has 1 rings (SSSR count). The minimum atomic E-state index is -5.12. The Hall–Kier alpha value is -1.14. The highest BCUT2D eigenvalue weighted by atomic mass is 32.3. The minimum Gasteiger partial charge on any atom is -0.263 e. The van der Waals surface area contributed by atoms with E-state index in [-0.39, 0.29) is 0 Å². The van der Waals surface area contributed by atoms with Gasteiger partial charge >= 0.3 is 20.8 Å². The average Bonchev–Trinajstić information content (AvgIpc) is 2.01. The van der Waals surface area contributed by atoms with Crippen molar-refractivity contribution in [3.8, 4) is 0 Å². The van der Waals surface area contributed by atoms with Gasteiger partial charge in [0.2, 0.25) is 0 Å². The van der Waals surface area contributed by atoms with Crippen molar-refractivity contribution in [1.29, 1.82) is 0 Å². The van der Waals surface area contributed by atoms with E-state index in [1.54, 1.807) is 12.4 Å². The van der Waals surface area contributed by atoms with Gasteiger partial charge in [-0.25, -0.2) is 0 Å². The van der Waals surface area contributed by atoms with Crippen LogP contribution >= 0.6 is 0 Å². The first-order valence-electron chi connectivity index (χ1n) is 3.08. The number of hydrogen-bond acceptors (Lipinski definition) is 7. The third-order valence-corrected chi connectivity index (χ3v) is 2.03. The van der Waals surface area contributed by atoms with Crippen molar-refractivity contribution < 1.29 is 29.6 Å². The predicted molar refractivity (Wildman–Crippen MR) is 46.2 cm³/mol. The molecular formula is C4H6N2O7S2. The standard InChI is InChI=1S/C4H4N2.H2O7S2/c1-2-4-6-5-3-1;1-8(2,3)7-9(4,5)6/h1-4H;(H,1,2,3)(H,4,5,6). The van der Waals surface area contributed by atoms with Crippen molar-refractivity contribution in [2.45, 2.75) is 0 Å². The SMILES string of the molecule is O=S(=O)(O)OS(=O)(=O)O.c1ccnnc1. The topological polar surface area (TPSA) is 144 Å². The highest BCUT2D eigenvalue weighted by molar-refractivity contribution is 7.94. The number of nitrogens with zero attached hydrogens (tertiary/aromatic N) is 2. The van der Waals surface area contributed by atoms with Gasteiger partial charge in [-0.05, 0) is 12.1 Å². The van der Waals surface area contributed by atoms with Gasteiger partial charge in [-0.2, -0.15) is 27.0 Å². The largest absolute Gasteiger partial charge is 0.413 e. The Bertz CT molecular complexity index is 410. The molecular weight excluding hydrogens is 252 g/mol. The van der Waals surface area contributed by atoms with Gasteiger partial charge in [-0.1, -0.05) is 0 Å². The summed E-state index contributed by atoms with van der Waals surface area (Å²) in [5.74, 6) is 0. The first-order valence-corrected chi connectivity index (χ1v) is 5.81. The highest BCUT2D eigenvalue weighted by Crippen LogP contribution is 1.91. The van der Waals surface area contributed by atoms with Crippen LogP contribution in [0.15, 0.2) is 24.5 Å². The van der Waals surface area contributed by atoms with Gasteiger partial charge in [0.15, 0.2) is 0 Å². The molecule has 1 aromatic rings. The maximum atomic E-state index is 9.44. The van der Waals surface area contributed by atoms with Gasteiger partial charge < -0.3 is 0 Å². The van der Waals surface area contributed by atoms with Crippen LogP contribution in [-0.2, 0) is 24.4 Å². The van der Waals surface area contributed by atoms with Crippen molar-refractivity contribution in [3.05, 3.63) is 24.5 Å². The minimum absolute atomic E-state index is 1.64. The van der Waals surface area contributed by atoms with Gasteiger partial charge in [-0.3, -0.25) is 9.11 Å². The molecule has 0 bridgehead atoms. The molecule has 0 amide bonds. The lowest BCUT2D eigenvalue weighted by Crippen LogP contribution is -2.10. The first-order chi connectivity index (χ1) is 6.71. The third-order valence-electron chi connectivity index (χ3n) is 0.655. The second-order valence-corrected chi connectivity index (χ2v) is 4.09. The molecule has 0 saturated heterocycles. The predicted octanol–water partition coefficient (Wildman–Crippen LogP) is -0.915. The van der Waals surface area contributed by atoms with Crippen molar-refractivity contribution >= 4 is 20.8 Å². The van der Waals surface area contributed by atoms with Gasteiger partial charge in [0.25, 0.3) is 0 Å². The summed E-state index contributed by atoms with van der Waals surface area (Å²) in [4.78, 5) is 0. The Morgan fingerprint density at radius 2 is 1.20 bits per heavy atom. The molecule has 0 spiro atoms. The molecule has 0 aromatic carbocycles. The Morgan fingerprint density at radius 3 is 1.27 bits per heavy atom. The van der Waals surface area contributed by atoms with Crippen LogP contribution in [0.25, 0.3) is 0 Å². The van der Waals surface area contributed by atoms with E-state index in [9.17, 15) is 16.8 Å². The zero-order valence-electron chi connectivity index (χ0n) is 6.96. The normalized spacial score (nSPS) is 11.3. The summed E-state index contributed by atoms with van der Waals surface area (Å²) in [6.45, 7) is 0. The summed E-state index contributed by atoms with van der Waals surface area (Å²) in [7, 11) is -10.2. The molecule has 0 atom stereocenters. The van der Waals surface area contributed by atoms with E-state index in [0.717, 1.165) is 0 Å². The lowest BCUT2D eigenvalue weighted by atomic mass is 10.6. The van der Waals surface area contributed by atoms with Gasteiger partial charge in [0.05, 0.1) is 0 Å². The van der Waals surface area contributed by atoms with Crippen molar-refractivity contribution in [3.63, 3.8) is 0 Å². The van der Waals surface area contributed by atoms with Gasteiger partial charge in [0.1, 0.15) is 0 Å². The van der Waals surface area contributed by atoms with E-state index in [1.165, 1.54) is 0 Å². The smallest absolute Gasteiger partial charge is 0.263 e. The lowest BCUT2D eigenvalue weighted by molar-refractivity contribution is 0.344. The molecule has 0 saturated carbocycles. The molecule has 86 valence electrons. The zero-order chi connectivity index (χ0) is 11.9. The molecule has 9 nitrogen and oxygen atoms in total. The fourth-order valence-corrected chi connectivity index (χ4v) is 1.23. The Morgan fingerprint density at radius 1 is 0.867 bits per heavy atom. The second-order valence-electron chi connectivity index (χ2n) is 1.84. The second kappa shape index (κ2) is 5.67. The van der Waals surface area contributed by atoms with E-state index in [0.29, 0.717) is 0 Å². The maximum absolute atomic E-state index is 9.44. The zero-order valence-corrected chi connectivity index (χ0v) is 8.59. The Labute approximate surface area is 85.6 Å². The third kappa shape index (κ3) is 12.9. The number of rotatable bonds is 2. The maximum Gasteiger partial charge on any atom is 0.413 e. The highest BCUT2D eigenvalue weighted by Gasteiger charge is 2.15. The number of aromatic nitrogens is 2. The average molecular weight is 258 g/mol. The van der Waals surface area contributed by atoms with Crippen molar-refractivity contribution in [1.82, 2.24) is 10.2 Å². The van der Waals surface area contributed by atoms with E-state index >= 15 is 0 Å². The summed E-state index contributed by atoms with van der Waals surface area (Å²) < 4.78 is 55.6. The molecule has 1 aromatic heterocycles. The fraction of sp³-hybridized carbons (Fsp3) is 0. The van der Waals surface area contributed by atoms with E-state index in [1.807, 2.05) is 12.1 Å². The summed E-state index contributed by atoms with van der Waals surface area (Å²) in [6.07, 6.45) is 3.28. The van der Waals surface area contributed by atoms with Crippen LogP contribution in [0.4, 0.5) is 0 Å². The molecule has 0 aliphatic carbocycles. The molecule has 15 heavy (non-hydrogen) atoms. The van der Waals surface area contributed by atoms with E-state index < -0.39 is 20.8 Å². The van der Waals surface area contributed by atoms with Crippen LogP contribution in [0, 0.1) is 0 Å². The van der Waals surface area contributed by atoms with Crippen LogP contribution < -0.4 is 0 Å². The Kier molecular flexibility index (Phi) is 5.24. The van der Waals surface area contributed by atoms with Crippen LogP contribution in [-0.4, -0.2) is 36.1 Å². The monoisotopic (exact) mass is 258 g/mol. The van der Waals surface area contributed by atoms with E-state index in [4.69, 9.17) is 9.11 Å². The lowest BCUT2D eigenvalue weighted by Gasteiger charge is -1.89. The van der Waals surface area contributed by atoms with Crippen molar-refractivity contribution in [2.24, 2.45) is 0 Å². The van der Waals surface area contributed by atoms with Crippen LogP contribution in [0.5, 0.6) is 0 Å². The summed E-state index contributed by atoms with van der Waals surface area (Å²) in [5.41, 5.74) is 0. The molecule has 0 aliphatic heterocycles. The molecule has 2 N–H and O–H groups in total. The first kappa shape index (κ1) is 13.9.